The molecule has 0 radical (unpaired) electrons. The molecule has 0 unspecified atom stereocenters. The second kappa shape index (κ2) is 10.1. The van der Waals surface area contributed by atoms with Crippen LogP contribution in [0, 0.1) is 5.92 Å². The molecule has 34 heavy (non-hydrogen) atoms. The molecule has 0 saturated carbocycles. The summed E-state index contributed by atoms with van der Waals surface area (Å²) in [5.41, 5.74) is 8.13. The SMILES string of the molecule is C[C@@H]1CCc2c(sc(NC(=O)c3ccc(O[C@@H](C)C(=O)Nc4ccccc4)cc3)c2C(N)=O)C1. The Hall–Kier alpha value is -3.65. The van der Waals surface area contributed by atoms with E-state index < -0.39 is 12.0 Å². The summed E-state index contributed by atoms with van der Waals surface area (Å²) in [6.07, 6.45) is 1.96. The normalized spacial score (nSPS) is 15.6. The zero-order valence-corrected chi connectivity index (χ0v) is 19.9. The van der Waals surface area contributed by atoms with Crippen LogP contribution in [0.15, 0.2) is 54.6 Å². The maximum Gasteiger partial charge on any atom is 0.265 e. The van der Waals surface area contributed by atoms with Crippen molar-refractivity contribution in [3.63, 3.8) is 0 Å². The number of nitrogens with two attached hydrogens (primary N) is 1. The van der Waals surface area contributed by atoms with Crippen molar-refractivity contribution in [2.24, 2.45) is 11.7 Å². The number of thiophene rings is 1. The van der Waals surface area contributed by atoms with Gasteiger partial charge in [-0.3, -0.25) is 14.4 Å². The monoisotopic (exact) mass is 477 g/mol. The maximum atomic E-state index is 12.8. The lowest BCUT2D eigenvalue weighted by atomic mass is 9.88. The highest BCUT2D eigenvalue weighted by molar-refractivity contribution is 7.17. The van der Waals surface area contributed by atoms with Gasteiger partial charge >= 0.3 is 0 Å². The van der Waals surface area contributed by atoms with Crippen LogP contribution in [0.1, 0.15) is 51.4 Å². The molecular formula is C26H27N3O4S. The van der Waals surface area contributed by atoms with Gasteiger partial charge in [0.25, 0.3) is 17.7 Å². The van der Waals surface area contributed by atoms with Gasteiger partial charge in [0.2, 0.25) is 0 Å². The van der Waals surface area contributed by atoms with Crippen LogP contribution >= 0.6 is 11.3 Å². The third-order valence-electron chi connectivity index (χ3n) is 5.83. The lowest BCUT2D eigenvalue weighted by Gasteiger charge is -2.18. The maximum absolute atomic E-state index is 12.8. The molecule has 3 amide bonds. The van der Waals surface area contributed by atoms with Crippen LogP contribution in [0.2, 0.25) is 0 Å². The third-order valence-corrected chi connectivity index (χ3v) is 6.99. The molecule has 176 valence electrons. The molecule has 0 saturated heterocycles. The second-order valence-electron chi connectivity index (χ2n) is 8.51. The molecule has 3 aromatic rings. The summed E-state index contributed by atoms with van der Waals surface area (Å²) in [7, 11) is 0. The van der Waals surface area contributed by atoms with Gasteiger partial charge < -0.3 is 21.1 Å². The third kappa shape index (κ3) is 5.28. The predicted molar refractivity (Wildman–Crippen MR) is 134 cm³/mol. The number of fused-ring (bicyclic) bond motifs is 1. The first-order valence-corrected chi connectivity index (χ1v) is 12.0. The standard InChI is InChI=1S/C26H27N3O4S/c1-15-8-13-20-21(14-15)34-26(22(20)23(27)30)29-25(32)17-9-11-19(12-10-17)33-16(2)24(31)28-18-6-4-3-5-7-18/h3-7,9-12,15-16H,8,13-14H2,1-2H3,(H2,27,30)(H,28,31)(H,29,32)/t15-,16+/m1/s1. The Labute approximate surface area is 202 Å². The second-order valence-corrected chi connectivity index (χ2v) is 9.62. The van der Waals surface area contributed by atoms with Crippen molar-refractivity contribution < 1.29 is 19.1 Å². The number of nitrogens with one attached hydrogen (secondary N) is 2. The van der Waals surface area contributed by atoms with Gasteiger partial charge in [0, 0.05) is 16.1 Å². The molecular weight excluding hydrogens is 450 g/mol. The van der Waals surface area contributed by atoms with Crippen molar-refractivity contribution in [3.8, 4) is 5.75 Å². The molecule has 4 rings (SSSR count). The van der Waals surface area contributed by atoms with Crippen LogP contribution in [0.25, 0.3) is 0 Å². The van der Waals surface area contributed by atoms with Gasteiger partial charge in [0.05, 0.1) is 5.56 Å². The Kier molecular flexibility index (Phi) is 6.98. The number of primary amides is 1. The average molecular weight is 478 g/mol. The first-order valence-electron chi connectivity index (χ1n) is 11.2. The molecule has 4 N–H and O–H groups in total. The quantitative estimate of drug-likeness (QED) is 0.461. The average Bonchev–Trinajstić information content (AvgIpc) is 3.17. The van der Waals surface area contributed by atoms with Crippen LogP contribution in [-0.4, -0.2) is 23.8 Å². The number of benzene rings is 2. The van der Waals surface area contributed by atoms with Gasteiger partial charge in [0.15, 0.2) is 6.10 Å². The van der Waals surface area contributed by atoms with E-state index in [-0.39, 0.29) is 11.8 Å². The first kappa shape index (κ1) is 23.5. The zero-order valence-electron chi connectivity index (χ0n) is 19.1. The van der Waals surface area contributed by atoms with Gasteiger partial charge in [-0.1, -0.05) is 25.1 Å². The number of carbonyl (C=O) groups is 3. The van der Waals surface area contributed by atoms with Crippen molar-refractivity contribution in [2.45, 2.75) is 39.2 Å². The smallest absolute Gasteiger partial charge is 0.265 e. The molecule has 1 aromatic heterocycles. The van der Waals surface area contributed by atoms with Crippen LogP contribution < -0.4 is 21.1 Å². The Balaban J connectivity index is 1.41. The largest absolute Gasteiger partial charge is 0.481 e. The summed E-state index contributed by atoms with van der Waals surface area (Å²) >= 11 is 1.43. The summed E-state index contributed by atoms with van der Waals surface area (Å²) in [5.74, 6) is -0.127. The van der Waals surface area contributed by atoms with E-state index in [0.29, 0.717) is 33.5 Å². The highest BCUT2D eigenvalue weighted by Crippen LogP contribution is 2.39. The van der Waals surface area contributed by atoms with E-state index in [2.05, 4.69) is 17.6 Å². The summed E-state index contributed by atoms with van der Waals surface area (Å²) < 4.78 is 5.71. The highest BCUT2D eigenvalue weighted by atomic mass is 32.1. The summed E-state index contributed by atoms with van der Waals surface area (Å²) in [5, 5.41) is 6.15. The minimum atomic E-state index is -0.724. The molecule has 1 aliphatic carbocycles. The van der Waals surface area contributed by atoms with Crippen molar-refractivity contribution >= 4 is 39.7 Å². The van der Waals surface area contributed by atoms with Crippen molar-refractivity contribution in [3.05, 3.63) is 76.2 Å². The number of hydrogen-bond donors (Lipinski definition) is 3. The van der Waals surface area contributed by atoms with Crippen molar-refractivity contribution in [1.29, 1.82) is 0 Å². The van der Waals surface area contributed by atoms with E-state index in [1.54, 1.807) is 43.3 Å². The molecule has 0 spiro atoms. The molecule has 1 heterocycles. The predicted octanol–water partition coefficient (Wildman–Crippen LogP) is 4.63. The van der Waals surface area contributed by atoms with E-state index in [9.17, 15) is 14.4 Å². The number of anilines is 2. The number of amides is 3. The zero-order chi connectivity index (χ0) is 24.2. The van der Waals surface area contributed by atoms with E-state index >= 15 is 0 Å². The molecule has 0 aliphatic heterocycles. The fraction of sp³-hybridized carbons (Fsp3) is 0.269. The molecule has 0 bridgehead atoms. The molecule has 1 aliphatic rings. The lowest BCUT2D eigenvalue weighted by molar-refractivity contribution is -0.122. The Bertz CT molecular complexity index is 1200. The lowest BCUT2D eigenvalue weighted by Crippen LogP contribution is -2.30. The summed E-state index contributed by atoms with van der Waals surface area (Å²) in [6, 6.07) is 15.6. The molecule has 2 aromatic carbocycles. The van der Waals surface area contributed by atoms with Gasteiger partial charge in [-0.15, -0.1) is 11.3 Å². The fourth-order valence-electron chi connectivity index (χ4n) is 3.98. The van der Waals surface area contributed by atoms with Gasteiger partial charge in [-0.05, 0) is 74.1 Å². The molecule has 7 nitrogen and oxygen atoms in total. The Morgan fingerprint density at radius 2 is 1.76 bits per heavy atom. The highest BCUT2D eigenvalue weighted by Gasteiger charge is 2.27. The van der Waals surface area contributed by atoms with E-state index in [0.717, 1.165) is 29.7 Å². The minimum Gasteiger partial charge on any atom is -0.481 e. The first-order chi connectivity index (χ1) is 16.3. The number of hydrogen-bond acceptors (Lipinski definition) is 5. The number of rotatable bonds is 7. The van der Waals surface area contributed by atoms with Gasteiger partial charge in [-0.25, -0.2) is 0 Å². The van der Waals surface area contributed by atoms with Gasteiger partial charge in [-0.2, -0.15) is 0 Å². The minimum absolute atomic E-state index is 0.275. The Morgan fingerprint density at radius 1 is 1.06 bits per heavy atom. The van der Waals surface area contributed by atoms with Crippen molar-refractivity contribution in [1.82, 2.24) is 0 Å². The van der Waals surface area contributed by atoms with Crippen LogP contribution in [-0.2, 0) is 17.6 Å². The van der Waals surface area contributed by atoms with Gasteiger partial charge in [0.1, 0.15) is 10.8 Å². The van der Waals surface area contributed by atoms with E-state index in [1.165, 1.54) is 11.3 Å². The molecule has 8 heteroatoms. The number of para-hydroxylation sites is 1. The van der Waals surface area contributed by atoms with Crippen LogP contribution in [0.3, 0.4) is 0 Å². The summed E-state index contributed by atoms with van der Waals surface area (Å²) in [4.78, 5) is 38.4. The topological polar surface area (TPSA) is 111 Å². The molecule has 0 fully saturated rings. The fourth-order valence-corrected chi connectivity index (χ4v) is 5.39. The number of carbonyl (C=O) groups excluding carboxylic acids is 3. The van der Waals surface area contributed by atoms with E-state index in [1.807, 2.05) is 18.2 Å². The van der Waals surface area contributed by atoms with Crippen LogP contribution in [0.5, 0.6) is 5.75 Å². The Morgan fingerprint density at radius 3 is 2.44 bits per heavy atom. The number of ether oxygens (including phenoxy) is 1. The van der Waals surface area contributed by atoms with Crippen molar-refractivity contribution in [2.75, 3.05) is 10.6 Å². The molecule has 2 atom stereocenters. The van der Waals surface area contributed by atoms with Crippen LogP contribution in [0.4, 0.5) is 10.7 Å². The van der Waals surface area contributed by atoms with E-state index in [4.69, 9.17) is 10.5 Å². The summed E-state index contributed by atoms with van der Waals surface area (Å²) in [6.45, 7) is 3.84.